The van der Waals surface area contributed by atoms with Crippen LogP contribution in [0.1, 0.15) is 5.56 Å². The van der Waals surface area contributed by atoms with E-state index in [0.717, 1.165) is 10.9 Å². The maximum Gasteiger partial charge on any atom is 0.419 e. The van der Waals surface area contributed by atoms with Crippen LogP contribution < -0.4 is 4.74 Å². The van der Waals surface area contributed by atoms with Crippen molar-refractivity contribution in [3.05, 3.63) is 36.2 Å². The van der Waals surface area contributed by atoms with Gasteiger partial charge in [-0.15, -0.1) is 0 Å². The van der Waals surface area contributed by atoms with E-state index >= 15 is 0 Å². The summed E-state index contributed by atoms with van der Waals surface area (Å²) in [4.78, 5) is 0. The van der Waals surface area contributed by atoms with Crippen LogP contribution >= 0.6 is 0 Å². The molecule has 0 aliphatic rings. The van der Waals surface area contributed by atoms with Crippen LogP contribution in [-0.2, 0) is 6.18 Å². The first-order chi connectivity index (χ1) is 8.43. The minimum atomic E-state index is -4.48. The molecule has 0 saturated heterocycles. The standard InChI is InChI=1S/C11H9F3N2O2/c1-18-9-4-2-3-8(17)10(9)16-6-7(5-15-16)11(12,13)14/h2-6,17H,1H3. The Balaban J connectivity index is 2.53. The zero-order valence-corrected chi connectivity index (χ0v) is 9.27. The first kappa shape index (κ1) is 12.3. The molecule has 0 fully saturated rings. The van der Waals surface area contributed by atoms with Crippen molar-refractivity contribution < 1.29 is 23.0 Å². The molecule has 7 heteroatoms. The van der Waals surface area contributed by atoms with Crippen LogP contribution in [0, 0.1) is 0 Å². The fourth-order valence-electron chi connectivity index (χ4n) is 1.50. The Hall–Kier alpha value is -2.18. The van der Waals surface area contributed by atoms with Gasteiger partial charge >= 0.3 is 6.18 Å². The summed E-state index contributed by atoms with van der Waals surface area (Å²) in [7, 11) is 1.35. The zero-order valence-electron chi connectivity index (χ0n) is 9.27. The van der Waals surface area contributed by atoms with Crippen molar-refractivity contribution in [2.45, 2.75) is 6.18 Å². The molecule has 0 spiro atoms. The third kappa shape index (κ3) is 2.11. The molecule has 1 heterocycles. The minimum Gasteiger partial charge on any atom is -0.506 e. The summed E-state index contributed by atoms with van der Waals surface area (Å²) in [5.41, 5.74) is -0.830. The van der Waals surface area contributed by atoms with Crippen molar-refractivity contribution in [1.29, 1.82) is 0 Å². The summed E-state index contributed by atoms with van der Waals surface area (Å²) < 4.78 is 43.3. The second-order valence-electron chi connectivity index (χ2n) is 3.50. The van der Waals surface area contributed by atoms with Crippen LogP contribution in [0.25, 0.3) is 5.69 Å². The number of halogens is 3. The number of para-hydroxylation sites is 1. The second-order valence-corrected chi connectivity index (χ2v) is 3.50. The lowest BCUT2D eigenvalue weighted by Gasteiger charge is -2.09. The first-order valence-electron chi connectivity index (χ1n) is 4.91. The van der Waals surface area contributed by atoms with E-state index in [1.807, 2.05) is 0 Å². The van der Waals surface area contributed by atoms with E-state index in [0.29, 0.717) is 6.20 Å². The number of phenolic OH excluding ortho intramolecular Hbond substituents is 1. The number of methoxy groups -OCH3 is 1. The fourth-order valence-corrected chi connectivity index (χ4v) is 1.50. The summed E-state index contributed by atoms with van der Waals surface area (Å²) in [5.74, 6) is 0.0120. The molecule has 2 aromatic rings. The van der Waals surface area contributed by atoms with E-state index in [9.17, 15) is 18.3 Å². The van der Waals surface area contributed by atoms with E-state index in [1.165, 1.54) is 25.3 Å². The van der Waals surface area contributed by atoms with Crippen molar-refractivity contribution in [3.8, 4) is 17.2 Å². The van der Waals surface area contributed by atoms with Gasteiger partial charge in [0, 0.05) is 6.20 Å². The lowest BCUT2D eigenvalue weighted by atomic mass is 10.2. The largest absolute Gasteiger partial charge is 0.506 e. The maximum atomic E-state index is 12.5. The highest BCUT2D eigenvalue weighted by Gasteiger charge is 2.32. The molecular weight excluding hydrogens is 249 g/mol. The lowest BCUT2D eigenvalue weighted by molar-refractivity contribution is -0.137. The number of phenols is 1. The molecule has 0 bridgehead atoms. The molecule has 0 saturated carbocycles. The molecule has 0 atom stereocenters. The third-order valence-electron chi connectivity index (χ3n) is 2.34. The number of ether oxygens (including phenoxy) is 1. The van der Waals surface area contributed by atoms with Gasteiger partial charge in [0.1, 0.15) is 17.2 Å². The average molecular weight is 258 g/mol. The van der Waals surface area contributed by atoms with E-state index in [4.69, 9.17) is 4.74 Å². The van der Waals surface area contributed by atoms with E-state index in [2.05, 4.69) is 5.10 Å². The topological polar surface area (TPSA) is 47.3 Å². The number of nitrogens with zero attached hydrogens (tertiary/aromatic N) is 2. The molecule has 0 amide bonds. The summed E-state index contributed by atoms with van der Waals surface area (Å²) in [5, 5.41) is 13.2. The molecule has 1 aromatic carbocycles. The Morgan fingerprint density at radius 1 is 1.33 bits per heavy atom. The van der Waals surface area contributed by atoms with Gasteiger partial charge in [0.25, 0.3) is 0 Å². The van der Waals surface area contributed by atoms with Crippen molar-refractivity contribution in [2.75, 3.05) is 7.11 Å². The van der Waals surface area contributed by atoms with Crippen LogP contribution in [0.5, 0.6) is 11.5 Å². The smallest absolute Gasteiger partial charge is 0.419 e. The number of rotatable bonds is 2. The highest BCUT2D eigenvalue weighted by atomic mass is 19.4. The maximum absolute atomic E-state index is 12.5. The molecule has 4 nitrogen and oxygen atoms in total. The zero-order chi connectivity index (χ0) is 13.3. The third-order valence-corrected chi connectivity index (χ3v) is 2.34. The van der Waals surface area contributed by atoms with E-state index in [-0.39, 0.29) is 17.2 Å². The van der Waals surface area contributed by atoms with Gasteiger partial charge in [0.2, 0.25) is 0 Å². The number of hydrogen-bond donors (Lipinski definition) is 1. The fraction of sp³-hybridized carbons (Fsp3) is 0.182. The number of aromatic hydroxyl groups is 1. The summed E-state index contributed by atoms with van der Waals surface area (Å²) in [6, 6.07) is 4.38. The number of aromatic nitrogens is 2. The Bertz CT molecular complexity index is 564. The molecule has 1 aromatic heterocycles. The predicted molar refractivity (Wildman–Crippen MR) is 56.8 cm³/mol. The number of hydrogen-bond acceptors (Lipinski definition) is 3. The van der Waals surface area contributed by atoms with Crippen LogP contribution in [0.2, 0.25) is 0 Å². The van der Waals surface area contributed by atoms with Gasteiger partial charge in [0.15, 0.2) is 0 Å². The Labute approximate surface area is 100 Å². The molecule has 18 heavy (non-hydrogen) atoms. The van der Waals surface area contributed by atoms with E-state index in [1.54, 1.807) is 0 Å². The Morgan fingerprint density at radius 2 is 2.06 bits per heavy atom. The quantitative estimate of drug-likeness (QED) is 0.900. The van der Waals surface area contributed by atoms with Gasteiger partial charge in [0.05, 0.1) is 18.9 Å². The first-order valence-corrected chi connectivity index (χ1v) is 4.91. The van der Waals surface area contributed by atoms with Crippen molar-refractivity contribution in [2.24, 2.45) is 0 Å². The van der Waals surface area contributed by atoms with Gasteiger partial charge in [-0.25, -0.2) is 4.68 Å². The van der Waals surface area contributed by atoms with Crippen molar-refractivity contribution in [3.63, 3.8) is 0 Å². The Morgan fingerprint density at radius 3 is 2.61 bits per heavy atom. The van der Waals surface area contributed by atoms with Crippen molar-refractivity contribution in [1.82, 2.24) is 9.78 Å². The highest BCUT2D eigenvalue weighted by Crippen LogP contribution is 2.34. The molecule has 2 rings (SSSR count). The van der Waals surface area contributed by atoms with Crippen molar-refractivity contribution >= 4 is 0 Å². The van der Waals surface area contributed by atoms with Gasteiger partial charge in [-0.3, -0.25) is 0 Å². The predicted octanol–water partition coefficient (Wildman–Crippen LogP) is 2.61. The van der Waals surface area contributed by atoms with Crippen LogP contribution in [-0.4, -0.2) is 22.0 Å². The SMILES string of the molecule is COc1cccc(O)c1-n1cc(C(F)(F)F)cn1. The number of benzene rings is 1. The number of alkyl halides is 3. The van der Waals surface area contributed by atoms with Gasteiger partial charge in [-0.2, -0.15) is 18.3 Å². The molecule has 0 aliphatic heterocycles. The molecule has 0 unspecified atom stereocenters. The normalized spacial score (nSPS) is 11.6. The molecular formula is C11H9F3N2O2. The van der Waals surface area contributed by atoms with Crippen LogP contribution in [0.3, 0.4) is 0 Å². The average Bonchev–Trinajstić information content (AvgIpc) is 2.77. The monoisotopic (exact) mass is 258 g/mol. The second kappa shape index (κ2) is 4.25. The van der Waals surface area contributed by atoms with Gasteiger partial charge in [-0.1, -0.05) is 6.07 Å². The molecule has 0 aliphatic carbocycles. The highest BCUT2D eigenvalue weighted by molar-refractivity contribution is 5.56. The Kier molecular flexibility index (Phi) is 2.90. The summed E-state index contributed by atoms with van der Waals surface area (Å²) in [6.07, 6.45) is -3.00. The minimum absolute atomic E-state index is 0.0653. The van der Waals surface area contributed by atoms with E-state index < -0.39 is 11.7 Å². The molecule has 1 N–H and O–H groups in total. The van der Waals surface area contributed by atoms with Gasteiger partial charge in [-0.05, 0) is 12.1 Å². The van der Waals surface area contributed by atoms with Crippen LogP contribution in [0.15, 0.2) is 30.6 Å². The van der Waals surface area contributed by atoms with Gasteiger partial charge < -0.3 is 9.84 Å². The van der Waals surface area contributed by atoms with Crippen LogP contribution in [0.4, 0.5) is 13.2 Å². The molecule has 96 valence electrons. The lowest BCUT2D eigenvalue weighted by Crippen LogP contribution is -2.03. The summed E-state index contributed by atoms with van der Waals surface area (Å²) in [6.45, 7) is 0. The summed E-state index contributed by atoms with van der Waals surface area (Å²) >= 11 is 0. The molecule has 0 radical (unpaired) electrons.